The lowest BCUT2D eigenvalue weighted by atomic mass is 10.2. The van der Waals surface area contributed by atoms with Gasteiger partial charge in [-0.3, -0.25) is 4.79 Å². The Morgan fingerprint density at radius 2 is 2.00 bits per heavy atom. The molecule has 0 fully saturated rings. The maximum Gasteiger partial charge on any atom is 0.257 e. The van der Waals surface area contributed by atoms with E-state index in [2.05, 4.69) is 5.32 Å². The standard InChI is InChI=1S/C14H19Cl2NO2/c15-8-3-1-2-4-9-17-14(18)11-19-13-7-5-6-12(16)10-13/h5-7,10H,1-4,8-9,11H2,(H,17,18). The fraction of sp³-hybridized carbons (Fsp3) is 0.500. The summed E-state index contributed by atoms with van der Waals surface area (Å²) in [5, 5.41) is 3.41. The lowest BCUT2D eigenvalue weighted by Crippen LogP contribution is -2.29. The van der Waals surface area contributed by atoms with Gasteiger partial charge in [-0.05, 0) is 31.0 Å². The van der Waals surface area contributed by atoms with Gasteiger partial charge in [0.2, 0.25) is 0 Å². The first-order chi connectivity index (χ1) is 9.22. The van der Waals surface area contributed by atoms with Crippen LogP contribution >= 0.6 is 23.2 Å². The van der Waals surface area contributed by atoms with Crippen LogP contribution in [0.3, 0.4) is 0 Å². The molecule has 0 atom stereocenters. The van der Waals surface area contributed by atoms with Gasteiger partial charge in [0.15, 0.2) is 6.61 Å². The number of amides is 1. The van der Waals surface area contributed by atoms with E-state index in [0.29, 0.717) is 23.2 Å². The Morgan fingerprint density at radius 3 is 2.74 bits per heavy atom. The van der Waals surface area contributed by atoms with Gasteiger partial charge in [-0.1, -0.05) is 30.5 Å². The van der Waals surface area contributed by atoms with E-state index in [-0.39, 0.29) is 12.5 Å². The number of hydrogen-bond acceptors (Lipinski definition) is 2. The molecule has 0 bridgehead atoms. The van der Waals surface area contributed by atoms with Crippen LogP contribution in [0.1, 0.15) is 25.7 Å². The molecular weight excluding hydrogens is 285 g/mol. The van der Waals surface area contributed by atoms with E-state index in [0.717, 1.165) is 25.7 Å². The van der Waals surface area contributed by atoms with Crippen LogP contribution in [-0.4, -0.2) is 24.9 Å². The van der Waals surface area contributed by atoms with E-state index in [4.69, 9.17) is 27.9 Å². The minimum Gasteiger partial charge on any atom is -0.484 e. The Morgan fingerprint density at radius 1 is 1.21 bits per heavy atom. The molecule has 0 aliphatic carbocycles. The summed E-state index contributed by atoms with van der Waals surface area (Å²) in [6.07, 6.45) is 4.20. The molecule has 19 heavy (non-hydrogen) atoms. The number of alkyl halides is 1. The highest BCUT2D eigenvalue weighted by molar-refractivity contribution is 6.30. The van der Waals surface area contributed by atoms with E-state index in [1.165, 1.54) is 0 Å². The fourth-order valence-corrected chi connectivity index (χ4v) is 1.93. The quantitative estimate of drug-likeness (QED) is 0.559. The summed E-state index contributed by atoms with van der Waals surface area (Å²) in [7, 11) is 0. The number of carbonyl (C=O) groups is 1. The van der Waals surface area contributed by atoms with Crippen molar-refractivity contribution in [2.45, 2.75) is 25.7 Å². The monoisotopic (exact) mass is 303 g/mol. The van der Waals surface area contributed by atoms with Crippen molar-refractivity contribution in [1.29, 1.82) is 0 Å². The maximum absolute atomic E-state index is 11.5. The average Bonchev–Trinajstić information content (AvgIpc) is 2.40. The molecule has 1 aromatic carbocycles. The van der Waals surface area contributed by atoms with Crippen molar-refractivity contribution >= 4 is 29.1 Å². The number of ether oxygens (including phenoxy) is 1. The number of carbonyl (C=O) groups excluding carboxylic acids is 1. The molecule has 0 saturated carbocycles. The molecule has 0 aromatic heterocycles. The molecule has 0 unspecified atom stereocenters. The Kier molecular flexibility index (Phi) is 8.43. The van der Waals surface area contributed by atoms with E-state index in [1.54, 1.807) is 24.3 Å². The lowest BCUT2D eigenvalue weighted by molar-refractivity contribution is -0.123. The summed E-state index contributed by atoms with van der Waals surface area (Å²) in [6, 6.07) is 6.99. The van der Waals surface area contributed by atoms with Gasteiger partial charge in [-0.15, -0.1) is 11.6 Å². The molecule has 0 saturated heterocycles. The first-order valence-corrected chi connectivity index (χ1v) is 7.34. The zero-order chi connectivity index (χ0) is 13.9. The summed E-state index contributed by atoms with van der Waals surface area (Å²) in [5.74, 6) is 1.20. The molecule has 1 N–H and O–H groups in total. The predicted octanol–water partition coefficient (Wildman–Crippen LogP) is 3.63. The normalized spacial score (nSPS) is 10.2. The highest BCUT2D eigenvalue weighted by Gasteiger charge is 2.02. The third kappa shape index (κ3) is 7.96. The van der Waals surface area contributed by atoms with E-state index < -0.39 is 0 Å². The fourth-order valence-electron chi connectivity index (χ4n) is 1.56. The van der Waals surface area contributed by atoms with Crippen LogP contribution in [0.25, 0.3) is 0 Å². The van der Waals surface area contributed by atoms with Gasteiger partial charge in [0.05, 0.1) is 0 Å². The summed E-state index contributed by atoms with van der Waals surface area (Å²) >= 11 is 11.4. The third-order valence-electron chi connectivity index (χ3n) is 2.55. The highest BCUT2D eigenvalue weighted by Crippen LogP contribution is 2.16. The Labute approximate surface area is 124 Å². The van der Waals surface area contributed by atoms with Gasteiger partial charge < -0.3 is 10.1 Å². The van der Waals surface area contributed by atoms with E-state index in [1.807, 2.05) is 0 Å². The van der Waals surface area contributed by atoms with E-state index in [9.17, 15) is 4.79 Å². The van der Waals surface area contributed by atoms with Crippen LogP contribution in [0.2, 0.25) is 5.02 Å². The molecule has 1 amide bonds. The maximum atomic E-state index is 11.5. The molecule has 0 aliphatic heterocycles. The molecule has 3 nitrogen and oxygen atoms in total. The average molecular weight is 304 g/mol. The molecule has 0 radical (unpaired) electrons. The van der Waals surface area contributed by atoms with Crippen LogP contribution in [0.15, 0.2) is 24.3 Å². The van der Waals surface area contributed by atoms with Crippen LogP contribution in [0.4, 0.5) is 0 Å². The number of unbranched alkanes of at least 4 members (excludes halogenated alkanes) is 3. The lowest BCUT2D eigenvalue weighted by Gasteiger charge is -2.07. The topological polar surface area (TPSA) is 38.3 Å². The third-order valence-corrected chi connectivity index (χ3v) is 3.05. The van der Waals surface area contributed by atoms with Crippen molar-refractivity contribution in [3.05, 3.63) is 29.3 Å². The molecule has 1 rings (SSSR count). The Hall–Kier alpha value is -0.930. The number of hydrogen-bond donors (Lipinski definition) is 1. The number of nitrogens with one attached hydrogen (secondary N) is 1. The summed E-state index contributed by atoms with van der Waals surface area (Å²) in [6.45, 7) is 0.696. The zero-order valence-electron chi connectivity index (χ0n) is 10.8. The van der Waals surface area contributed by atoms with Crippen molar-refractivity contribution in [2.75, 3.05) is 19.0 Å². The van der Waals surface area contributed by atoms with Crippen molar-refractivity contribution in [3.8, 4) is 5.75 Å². The first-order valence-electron chi connectivity index (χ1n) is 6.43. The van der Waals surface area contributed by atoms with Gasteiger partial charge in [-0.2, -0.15) is 0 Å². The van der Waals surface area contributed by atoms with E-state index >= 15 is 0 Å². The minimum absolute atomic E-state index is 0.0159. The van der Waals surface area contributed by atoms with Crippen LogP contribution < -0.4 is 10.1 Å². The van der Waals surface area contributed by atoms with Gasteiger partial charge in [0.1, 0.15) is 5.75 Å². The second-order valence-electron chi connectivity index (χ2n) is 4.20. The van der Waals surface area contributed by atoms with Crippen molar-refractivity contribution < 1.29 is 9.53 Å². The van der Waals surface area contributed by atoms with Gasteiger partial charge in [-0.25, -0.2) is 0 Å². The van der Waals surface area contributed by atoms with Crippen molar-refractivity contribution in [1.82, 2.24) is 5.32 Å². The molecule has 5 heteroatoms. The summed E-state index contributed by atoms with van der Waals surface area (Å²) in [4.78, 5) is 11.5. The SMILES string of the molecule is O=C(COc1cccc(Cl)c1)NCCCCCCCl. The first kappa shape index (κ1) is 16.1. The Bertz CT molecular complexity index is 385. The molecule has 0 spiro atoms. The van der Waals surface area contributed by atoms with Gasteiger partial charge >= 0.3 is 0 Å². The van der Waals surface area contributed by atoms with Crippen molar-refractivity contribution in [2.24, 2.45) is 0 Å². The predicted molar refractivity (Wildman–Crippen MR) is 79.1 cm³/mol. The molecule has 1 aromatic rings. The molecular formula is C14H19Cl2NO2. The van der Waals surface area contributed by atoms with Crippen LogP contribution in [0, 0.1) is 0 Å². The zero-order valence-corrected chi connectivity index (χ0v) is 12.3. The number of rotatable bonds is 9. The molecule has 106 valence electrons. The minimum atomic E-state index is -0.114. The second kappa shape index (κ2) is 9.93. The van der Waals surface area contributed by atoms with Crippen molar-refractivity contribution in [3.63, 3.8) is 0 Å². The largest absolute Gasteiger partial charge is 0.484 e. The number of halogens is 2. The van der Waals surface area contributed by atoms with Crippen LogP contribution in [0.5, 0.6) is 5.75 Å². The highest BCUT2D eigenvalue weighted by atomic mass is 35.5. The van der Waals surface area contributed by atoms with Gasteiger partial charge in [0.25, 0.3) is 5.91 Å². The molecule has 0 heterocycles. The summed E-state index contributed by atoms with van der Waals surface area (Å²) in [5.41, 5.74) is 0. The molecule has 0 aliphatic rings. The second-order valence-corrected chi connectivity index (χ2v) is 5.01. The van der Waals surface area contributed by atoms with Crippen LogP contribution in [-0.2, 0) is 4.79 Å². The number of benzene rings is 1. The summed E-state index contributed by atoms with van der Waals surface area (Å²) < 4.78 is 5.33. The van der Waals surface area contributed by atoms with Gasteiger partial charge in [0, 0.05) is 17.4 Å². The Balaban J connectivity index is 2.08. The smallest absolute Gasteiger partial charge is 0.257 e.